The first-order valence-corrected chi connectivity index (χ1v) is 13.4. The first kappa shape index (κ1) is 25.4. The molecule has 0 radical (unpaired) electrons. The van der Waals surface area contributed by atoms with Gasteiger partial charge in [0, 0.05) is 43.6 Å². The fraction of sp³-hybridized carbons (Fsp3) is 0.571. The molecule has 7 nitrogen and oxygen atoms in total. The molecule has 1 unspecified atom stereocenters. The van der Waals surface area contributed by atoms with Crippen molar-refractivity contribution in [1.82, 2.24) is 14.8 Å². The summed E-state index contributed by atoms with van der Waals surface area (Å²) in [7, 11) is 2.08. The van der Waals surface area contributed by atoms with Gasteiger partial charge in [0.2, 0.25) is 0 Å². The summed E-state index contributed by atoms with van der Waals surface area (Å²) in [6, 6.07) is 4.61. The summed E-state index contributed by atoms with van der Waals surface area (Å²) < 4.78 is 48.7. The van der Waals surface area contributed by atoms with Gasteiger partial charge in [-0.15, -0.1) is 0 Å². The lowest BCUT2D eigenvalue weighted by Gasteiger charge is -2.31. The number of alkyl halides is 2. The number of amides is 1. The zero-order valence-electron chi connectivity index (χ0n) is 21.6. The molecule has 2 saturated heterocycles. The summed E-state index contributed by atoms with van der Waals surface area (Å²) in [5.41, 5.74) is -0.646. The zero-order chi connectivity index (χ0) is 26.8. The molecule has 1 aromatic heterocycles. The van der Waals surface area contributed by atoms with Crippen molar-refractivity contribution in [3.8, 4) is 0 Å². The van der Waals surface area contributed by atoms with Crippen molar-refractivity contribution in [1.29, 1.82) is 0 Å². The Morgan fingerprint density at radius 1 is 1.18 bits per heavy atom. The van der Waals surface area contributed by atoms with E-state index < -0.39 is 35.3 Å². The molecular formula is C28H33F3N4O3. The molecule has 2 saturated carbocycles. The number of pyridine rings is 1. The van der Waals surface area contributed by atoms with Crippen LogP contribution >= 0.6 is 0 Å². The Bertz CT molecular complexity index is 1290. The number of halogens is 3. The lowest BCUT2D eigenvalue weighted by Crippen LogP contribution is -2.44. The number of fused-ring (bicyclic) bond motifs is 1. The van der Waals surface area contributed by atoms with E-state index in [1.54, 1.807) is 17.7 Å². The van der Waals surface area contributed by atoms with Gasteiger partial charge in [0.25, 0.3) is 17.9 Å². The fourth-order valence-corrected chi connectivity index (χ4v) is 6.64. The summed E-state index contributed by atoms with van der Waals surface area (Å²) in [5, 5.41) is 6.23. The zero-order valence-corrected chi connectivity index (χ0v) is 21.6. The molecular weight excluding hydrogens is 497 g/mol. The van der Waals surface area contributed by atoms with Gasteiger partial charge in [-0.2, -0.15) is 0 Å². The van der Waals surface area contributed by atoms with Gasteiger partial charge in [-0.05, 0) is 51.0 Å². The number of piperidine rings is 1. The maximum atomic E-state index is 14.8. The lowest BCUT2D eigenvalue weighted by molar-refractivity contribution is 0.0937. The number of rotatable bonds is 8. The summed E-state index contributed by atoms with van der Waals surface area (Å²) >= 11 is 0. The van der Waals surface area contributed by atoms with Crippen LogP contribution in [0.15, 0.2) is 35.3 Å². The number of carbonyl (C=O) groups excluding carboxylic acids is 1. The topological polar surface area (TPSA) is 75.6 Å². The summed E-state index contributed by atoms with van der Waals surface area (Å²) in [6.07, 6.45) is 1.38. The molecule has 0 spiro atoms. The summed E-state index contributed by atoms with van der Waals surface area (Å²) in [6.45, 7) is 4.46. The minimum Gasteiger partial charge on any atom is -0.381 e. The molecule has 2 aliphatic heterocycles. The Morgan fingerprint density at radius 2 is 1.89 bits per heavy atom. The number of benzene rings is 1. The smallest absolute Gasteiger partial charge is 0.266 e. The van der Waals surface area contributed by atoms with Crippen LogP contribution in [0.2, 0.25) is 0 Å². The molecule has 3 heterocycles. The Kier molecular flexibility index (Phi) is 6.30. The highest BCUT2D eigenvalue weighted by molar-refractivity contribution is 5.99. The van der Waals surface area contributed by atoms with Crippen LogP contribution < -0.4 is 16.2 Å². The van der Waals surface area contributed by atoms with E-state index >= 15 is 0 Å². The average molecular weight is 531 g/mol. The van der Waals surface area contributed by atoms with Crippen molar-refractivity contribution < 1.29 is 22.7 Å². The Morgan fingerprint density at radius 3 is 2.53 bits per heavy atom. The molecule has 1 aromatic carbocycles. The normalized spacial score (nSPS) is 29.4. The van der Waals surface area contributed by atoms with Crippen LogP contribution in [0.25, 0.3) is 0 Å². The largest absolute Gasteiger partial charge is 0.381 e. The SMILES string of the molecule is C[C@@H](NC(=O)c1cn([C@@]2(C3CC3)CCOC2)c(=O)cc1NC1[C@H]2CN(C)C[C@@H]12)c1cccc(C(F)F)c1F. The predicted octanol–water partition coefficient (Wildman–Crippen LogP) is 3.91. The second-order valence-corrected chi connectivity index (χ2v) is 11.5. The van der Waals surface area contributed by atoms with Gasteiger partial charge < -0.3 is 24.8 Å². The van der Waals surface area contributed by atoms with Crippen LogP contribution in [-0.2, 0) is 10.3 Å². The molecule has 4 aliphatic rings. The first-order valence-electron chi connectivity index (χ1n) is 13.4. The standard InChI is InChI=1S/C28H33F3N4O3/c1-15(17-4-3-5-18(24(17)29)26(30)31)32-27(37)21-13-35(28(16-6-7-16)8-9-38-14-28)23(36)10-22(21)33-25-19-11-34(2)12-20(19)25/h3-5,10,13,15-16,19-20,25-26,33H,6-9,11-12,14H2,1-2H3,(H,32,37)/t15-,19-,20+,25?,28+/m1/s1. The van der Waals surface area contributed by atoms with Gasteiger partial charge in [0.15, 0.2) is 0 Å². The van der Waals surface area contributed by atoms with E-state index in [0.717, 1.165) is 32.0 Å². The van der Waals surface area contributed by atoms with Crippen LogP contribution in [0.3, 0.4) is 0 Å². The van der Waals surface area contributed by atoms with E-state index in [2.05, 4.69) is 22.6 Å². The van der Waals surface area contributed by atoms with Crippen LogP contribution in [0.1, 0.15) is 60.1 Å². The molecule has 204 valence electrons. The van der Waals surface area contributed by atoms with Gasteiger partial charge in [-0.3, -0.25) is 9.59 Å². The lowest BCUT2D eigenvalue weighted by atomic mass is 9.91. The van der Waals surface area contributed by atoms with Crippen molar-refractivity contribution in [2.45, 2.75) is 50.2 Å². The van der Waals surface area contributed by atoms with Crippen molar-refractivity contribution in [3.63, 3.8) is 0 Å². The summed E-state index contributed by atoms with van der Waals surface area (Å²) in [4.78, 5) is 29.4. The Hall–Kier alpha value is -2.85. The highest BCUT2D eigenvalue weighted by Crippen LogP contribution is 2.49. The van der Waals surface area contributed by atoms with Gasteiger partial charge in [0.1, 0.15) is 5.82 Å². The minimum atomic E-state index is -2.96. The van der Waals surface area contributed by atoms with Crippen LogP contribution in [-0.4, -0.2) is 54.8 Å². The molecule has 4 fully saturated rings. The van der Waals surface area contributed by atoms with E-state index in [-0.39, 0.29) is 22.7 Å². The van der Waals surface area contributed by atoms with Crippen LogP contribution in [0.4, 0.5) is 18.9 Å². The Balaban J connectivity index is 1.33. The summed E-state index contributed by atoms with van der Waals surface area (Å²) in [5.74, 6) is -0.275. The Labute approximate surface area is 219 Å². The fourth-order valence-electron chi connectivity index (χ4n) is 6.64. The van der Waals surface area contributed by atoms with Gasteiger partial charge in [-0.1, -0.05) is 18.2 Å². The molecule has 6 rings (SSSR count). The van der Waals surface area contributed by atoms with Crippen molar-refractivity contribution >= 4 is 11.6 Å². The number of anilines is 1. The quantitative estimate of drug-likeness (QED) is 0.542. The molecule has 1 amide bonds. The number of hydrogen-bond donors (Lipinski definition) is 2. The maximum absolute atomic E-state index is 14.8. The van der Waals surface area contributed by atoms with Crippen LogP contribution in [0.5, 0.6) is 0 Å². The van der Waals surface area contributed by atoms with Crippen molar-refractivity contribution in [2.75, 3.05) is 38.7 Å². The van der Waals surface area contributed by atoms with Crippen molar-refractivity contribution in [3.05, 3.63) is 63.3 Å². The molecule has 2 aliphatic carbocycles. The van der Waals surface area contributed by atoms with E-state index in [4.69, 9.17) is 4.74 Å². The molecule has 38 heavy (non-hydrogen) atoms. The maximum Gasteiger partial charge on any atom is 0.266 e. The number of nitrogens with one attached hydrogen (secondary N) is 2. The predicted molar refractivity (Wildman–Crippen MR) is 136 cm³/mol. The third-order valence-electron chi connectivity index (χ3n) is 8.95. The van der Waals surface area contributed by atoms with E-state index in [1.807, 2.05) is 0 Å². The molecule has 10 heteroatoms. The number of aromatic nitrogens is 1. The second kappa shape index (κ2) is 9.41. The third-order valence-corrected chi connectivity index (χ3v) is 8.95. The minimum absolute atomic E-state index is 0.0163. The number of nitrogens with zero attached hydrogens (tertiary/aromatic N) is 2. The van der Waals surface area contributed by atoms with E-state index in [0.29, 0.717) is 43.1 Å². The number of carbonyl (C=O) groups is 1. The van der Waals surface area contributed by atoms with Gasteiger partial charge >= 0.3 is 0 Å². The monoisotopic (exact) mass is 530 g/mol. The number of ether oxygens (including phenoxy) is 1. The molecule has 2 N–H and O–H groups in total. The second-order valence-electron chi connectivity index (χ2n) is 11.5. The van der Waals surface area contributed by atoms with Gasteiger partial charge in [0.05, 0.1) is 35.0 Å². The van der Waals surface area contributed by atoms with Gasteiger partial charge in [-0.25, -0.2) is 13.2 Å². The number of likely N-dealkylation sites (tertiary alicyclic amines) is 1. The molecule has 5 atom stereocenters. The highest BCUT2D eigenvalue weighted by Gasteiger charge is 2.55. The average Bonchev–Trinajstić information content (AvgIpc) is 3.72. The van der Waals surface area contributed by atoms with E-state index in [9.17, 15) is 22.8 Å². The van der Waals surface area contributed by atoms with Crippen molar-refractivity contribution in [2.24, 2.45) is 17.8 Å². The van der Waals surface area contributed by atoms with E-state index in [1.165, 1.54) is 18.2 Å². The molecule has 0 bridgehead atoms. The first-order chi connectivity index (χ1) is 18.2. The number of hydrogen-bond acceptors (Lipinski definition) is 5. The van der Waals surface area contributed by atoms with Crippen LogP contribution in [0, 0.1) is 23.6 Å². The highest BCUT2D eigenvalue weighted by atomic mass is 19.3. The molecule has 2 aromatic rings. The third kappa shape index (κ3) is 4.31.